The van der Waals surface area contributed by atoms with Crippen molar-refractivity contribution in [2.24, 2.45) is 0 Å². The van der Waals surface area contributed by atoms with Crippen LogP contribution in [0.25, 0.3) is 20.7 Å². The molecule has 0 aliphatic heterocycles. The number of fused-ring (bicyclic) bond motifs is 1. The Labute approximate surface area is 140 Å². The van der Waals surface area contributed by atoms with Gasteiger partial charge >= 0.3 is 0 Å². The molecule has 3 heterocycles. The highest BCUT2D eigenvalue weighted by atomic mass is 32.1. The highest BCUT2D eigenvalue weighted by molar-refractivity contribution is 7.21. The number of hydrogen-bond acceptors (Lipinski definition) is 4. The zero-order valence-electron chi connectivity index (χ0n) is 12.3. The van der Waals surface area contributed by atoms with Crippen LogP contribution in [0, 0.1) is 6.92 Å². The predicted molar refractivity (Wildman–Crippen MR) is 96.4 cm³/mol. The van der Waals surface area contributed by atoms with Gasteiger partial charge in [-0.05, 0) is 35.4 Å². The van der Waals surface area contributed by atoms with Crippen LogP contribution in [0.4, 0.5) is 5.82 Å². The molecule has 0 spiro atoms. The van der Waals surface area contributed by atoms with Crippen LogP contribution in [0.1, 0.15) is 15.2 Å². The molecule has 1 amide bonds. The monoisotopic (exact) mass is 339 g/mol. The number of aryl methyl sites for hydroxylation is 1. The largest absolute Gasteiger partial charge is 0.304 e. The van der Waals surface area contributed by atoms with Crippen molar-refractivity contribution in [2.45, 2.75) is 6.92 Å². The first-order valence-corrected chi connectivity index (χ1v) is 8.81. The first-order chi connectivity index (χ1) is 11.2. The topological polar surface area (TPSA) is 57.8 Å². The van der Waals surface area contributed by atoms with E-state index < -0.39 is 0 Å². The summed E-state index contributed by atoms with van der Waals surface area (Å²) in [6.07, 6.45) is 0. The van der Waals surface area contributed by atoms with Crippen LogP contribution in [-0.4, -0.2) is 16.1 Å². The van der Waals surface area contributed by atoms with Gasteiger partial charge in [-0.2, -0.15) is 5.10 Å². The molecule has 3 aromatic heterocycles. The third-order valence-corrected chi connectivity index (χ3v) is 5.83. The summed E-state index contributed by atoms with van der Waals surface area (Å²) >= 11 is 3.14. The van der Waals surface area contributed by atoms with E-state index in [9.17, 15) is 4.79 Å². The molecule has 0 saturated heterocycles. The van der Waals surface area contributed by atoms with Crippen LogP contribution < -0.4 is 5.32 Å². The van der Waals surface area contributed by atoms with Crippen LogP contribution in [-0.2, 0) is 0 Å². The molecule has 0 aliphatic carbocycles. The number of nitrogens with one attached hydrogen (secondary N) is 2. The first kappa shape index (κ1) is 14.2. The van der Waals surface area contributed by atoms with E-state index in [4.69, 9.17) is 0 Å². The number of amides is 1. The van der Waals surface area contributed by atoms with E-state index in [1.54, 1.807) is 11.3 Å². The average molecular weight is 339 g/mol. The highest BCUT2D eigenvalue weighted by Crippen LogP contribution is 2.31. The van der Waals surface area contributed by atoms with E-state index in [-0.39, 0.29) is 5.91 Å². The fraction of sp³-hybridized carbons (Fsp3) is 0.0588. The molecule has 0 atom stereocenters. The van der Waals surface area contributed by atoms with Gasteiger partial charge in [0, 0.05) is 10.8 Å². The minimum Gasteiger partial charge on any atom is -0.304 e. The second-order valence-corrected chi connectivity index (χ2v) is 7.15. The molecule has 114 valence electrons. The molecule has 4 aromatic rings. The standard InChI is InChI=1S/C17H13N3OS2/c1-10-11-5-2-3-6-13(11)23-16(10)17(21)18-15-9-12(19-20-15)14-7-4-8-22-14/h2-9H,1H3,(H2,18,19,20,21). The maximum Gasteiger partial charge on any atom is 0.267 e. The number of thiophene rings is 2. The zero-order chi connectivity index (χ0) is 15.8. The lowest BCUT2D eigenvalue weighted by Crippen LogP contribution is -2.11. The molecule has 1 aromatic carbocycles. The Kier molecular flexibility index (Phi) is 3.48. The Morgan fingerprint density at radius 2 is 2.09 bits per heavy atom. The molecule has 6 heteroatoms. The van der Waals surface area contributed by atoms with E-state index in [0.717, 1.165) is 31.1 Å². The Bertz CT molecular complexity index is 983. The number of rotatable bonds is 3. The van der Waals surface area contributed by atoms with Crippen LogP contribution in [0.5, 0.6) is 0 Å². The number of anilines is 1. The van der Waals surface area contributed by atoms with Crippen molar-refractivity contribution in [3.8, 4) is 10.6 Å². The summed E-state index contributed by atoms with van der Waals surface area (Å²) in [5.74, 6) is 0.420. The SMILES string of the molecule is Cc1c(C(=O)Nc2cc(-c3cccs3)[nH]n2)sc2ccccc12. The lowest BCUT2D eigenvalue weighted by molar-refractivity contribution is 0.102. The van der Waals surface area contributed by atoms with E-state index in [1.165, 1.54) is 11.3 Å². The van der Waals surface area contributed by atoms with Crippen LogP contribution >= 0.6 is 22.7 Å². The third-order valence-electron chi connectivity index (χ3n) is 3.66. The molecule has 0 aliphatic rings. The van der Waals surface area contributed by atoms with Crippen molar-refractivity contribution < 1.29 is 4.79 Å². The van der Waals surface area contributed by atoms with Gasteiger partial charge in [-0.15, -0.1) is 22.7 Å². The van der Waals surface area contributed by atoms with Crippen molar-refractivity contribution >= 4 is 44.5 Å². The van der Waals surface area contributed by atoms with E-state index in [2.05, 4.69) is 15.5 Å². The molecular weight excluding hydrogens is 326 g/mol. The molecule has 4 rings (SSSR count). The quantitative estimate of drug-likeness (QED) is 0.557. The van der Waals surface area contributed by atoms with Crippen molar-refractivity contribution in [1.29, 1.82) is 0 Å². The maximum atomic E-state index is 12.5. The van der Waals surface area contributed by atoms with Gasteiger partial charge in [-0.3, -0.25) is 9.89 Å². The summed E-state index contributed by atoms with van der Waals surface area (Å²) in [7, 11) is 0. The zero-order valence-corrected chi connectivity index (χ0v) is 13.9. The fourth-order valence-electron chi connectivity index (χ4n) is 2.51. The maximum absolute atomic E-state index is 12.5. The van der Waals surface area contributed by atoms with Gasteiger partial charge in [0.05, 0.1) is 15.4 Å². The molecule has 0 unspecified atom stereocenters. The first-order valence-electron chi connectivity index (χ1n) is 7.11. The third kappa shape index (κ3) is 2.56. The van der Waals surface area contributed by atoms with Gasteiger partial charge in [0.15, 0.2) is 5.82 Å². The smallest absolute Gasteiger partial charge is 0.267 e. The fourth-order valence-corrected chi connectivity index (χ4v) is 4.30. The minimum absolute atomic E-state index is 0.118. The van der Waals surface area contributed by atoms with E-state index >= 15 is 0 Å². The summed E-state index contributed by atoms with van der Waals surface area (Å²) < 4.78 is 1.12. The van der Waals surface area contributed by atoms with Crippen LogP contribution in [0.15, 0.2) is 47.8 Å². The molecule has 0 fully saturated rings. The molecule has 0 radical (unpaired) electrons. The molecular formula is C17H13N3OS2. The summed E-state index contributed by atoms with van der Waals surface area (Å²) in [5, 5.41) is 13.1. The van der Waals surface area contributed by atoms with Gasteiger partial charge in [-0.1, -0.05) is 24.3 Å². The van der Waals surface area contributed by atoms with E-state index in [0.29, 0.717) is 5.82 Å². The number of aromatic nitrogens is 2. The predicted octanol–water partition coefficient (Wildman–Crippen LogP) is 4.91. The number of H-pyrrole nitrogens is 1. The lowest BCUT2D eigenvalue weighted by Gasteiger charge is -2.00. The van der Waals surface area contributed by atoms with Gasteiger partial charge < -0.3 is 5.32 Å². The molecule has 0 saturated carbocycles. The van der Waals surface area contributed by atoms with Crippen molar-refractivity contribution in [1.82, 2.24) is 10.2 Å². The summed E-state index contributed by atoms with van der Waals surface area (Å²) in [6, 6.07) is 13.9. The molecule has 2 N–H and O–H groups in total. The van der Waals surface area contributed by atoms with Gasteiger partial charge in [0.2, 0.25) is 0 Å². The molecule has 4 nitrogen and oxygen atoms in total. The molecule has 23 heavy (non-hydrogen) atoms. The van der Waals surface area contributed by atoms with Gasteiger partial charge in [0.25, 0.3) is 5.91 Å². The van der Waals surface area contributed by atoms with Crippen molar-refractivity contribution in [3.63, 3.8) is 0 Å². The van der Waals surface area contributed by atoms with Crippen molar-refractivity contribution in [2.75, 3.05) is 5.32 Å². The summed E-state index contributed by atoms with van der Waals surface area (Å²) in [6.45, 7) is 1.98. The van der Waals surface area contributed by atoms with Crippen LogP contribution in [0.3, 0.4) is 0 Å². The Morgan fingerprint density at radius 1 is 1.22 bits per heavy atom. The Balaban J connectivity index is 1.61. The Hall–Kier alpha value is -2.44. The number of carbonyl (C=O) groups is 1. The number of benzene rings is 1. The van der Waals surface area contributed by atoms with E-state index in [1.807, 2.05) is 54.8 Å². The number of aromatic amines is 1. The summed E-state index contributed by atoms with van der Waals surface area (Å²) in [4.78, 5) is 14.4. The minimum atomic E-state index is -0.118. The molecule has 0 bridgehead atoms. The van der Waals surface area contributed by atoms with Gasteiger partial charge in [0.1, 0.15) is 0 Å². The second kappa shape index (κ2) is 5.64. The highest BCUT2D eigenvalue weighted by Gasteiger charge is 2.16. The number of carbonyl (C=O) groups excluding carboxylic acids is 1. The normalized spacial score (nSPS) is 11.0. The summed E-state index contributed by atoms with van der Waals surface area (Å²) in [5.41, 5.74) is 1.92. The van der Waals surface area contributed by atoms with Crippen molar-refractivity contribution in [3.05, 3.63) is 58.3 Å². The Morgan fingerprint density at radius 3 is 2.87 bits per heavy atom. The van der Waals surface area contributed by atoms with Gasteiger partial charge in [-0.25, -0.2) is 0 Å². The van der Waals surface area contributed by atoms with Crippen LogP contribution in [0.2, 0.25) is 0 Å². The lowest BCUT2D eigenvalue weighted by atomic mass is 10.1. The average Bonchev–Trinajstić information content (AvgIpc) is 3.27. The second-order valence-electron chi connectivity index (χ2n) is 5.15. The number of hydrogen-bond donors (Lipinski definition) is 2. The number of nitrogens with zero attached hydrogens (tertiary/aromatic N) is 1.